The summed E-state index contributed by atoms with van der Waals surface area (Å²) in [6.07, 6.45) is 3.35. The predicted octanol–water partition coefficient (Wildman–Crippen LogP) is 4.40. The van der Waals surface area contributed by atoms with Gasteiger partial charge >= 0.3 is 0 Å². The van der Waals surface area contributed by atoms with Crippen LogP contribution in [0.4, 0.5) is 0 Å². The fraction of sp³-hybridized carbons (Fsp3) is 0.458. The van der Waals surface area contributed by atoms with Crippen molar-refractivity contribution in [3.05, 3.63) is 70.8 Å². The van der Waals surface area contributed by atoms with E-state index in [9.17, 15) is 4.79 Å². The van der Waals surface area contributed by atoms with Crippen LogP contribution in [0, 0.1) is 13.8 Å². The number of piperidine rings is 1. The lowest BCUT2D eigenvalue weighted by atomic mass is 9.81. The Morgan fingerprint density at radius 2 is 1.74 bits per heavy atom. The fourth-order valence-corrected chi connectivity index (χ4v) is 5.09. The number of amides is 1. The molecule has 1 amide bonds. The lowest BCUT2D eigenvalue weighted by molar-refractivity contribution is 0.0491. The summed E-state index contributed by atoms with van der Waals surface area (Å²) in [6, 6.07) is 17.0. The van der Waals surface area contributed by atoms with Gasteiger partial charge in [-0.15, -0.1) is 0 Å². The van der Waals surface area contributed by atoms with Gasteiger partial charge in [0, 0.05) is 30.7 Å². The van der Waals surface area contributed by atoms with Crippen molar-refractivity contribution in [3.8, 4) is 0 Å². The van der Waals surface area contributed by atoms with Gasteiger partial charge in [0.25, 0.3) is 5.91 Å². The Balaban J connectivity index is 1.44. The minimum absolute atomic E-state index is 0.197. The van der Waals surface area contributed by atoms with Crippen LogP contribution in [0.25, 0.3) is 0 Å². The maximum atomic E-state index is 13.0. The first kappa shape index (κ1) is 18.2. The molecule has 2 fully saturated rings. The number of benzene rings is 2. The first-order valence-corrected chi connectivity index (χ1v) is 10.1. The van der Waals surface area contributed by atoms with Gasteiger partial charge in [0.15, 0.2) is 0 Å². The van der Waals surface area contributed by atoms with E-state index in [4.69, 9.17) is 0 Å². The molecule has 3 heteroatoms. The number of carbonyl (C=O) groups excluding carboxylic acids is 1. The molecule has 0 aliphatic carbocycles. The second kappa shape index (κ2) is 7.12. The molecule has 1 spiro atoms. The second-order valence-electron chi connectivity index (χ2n) is 8.53. The van der Waals surface area contributed by atoms with E-state index >= 15 is 0 Å². The van der Waals surface area contributed by atoms with E-state index in [0.717, 1.165) is 43.6 Å². The van der Waals surface area contributed by atoms with Gasteiger partial charge in [0.05, 0.1) is 0 Å². The molecule has 2 aliphatic rings. The Morgan fingerprint density at radius 1 is 1.04 bits per heavy atom. The molecule has 2 saturated heterocycles. The zero-order valence-electron chi connectivity index (χ0n) is 16.7. The molecule has 0 bridgehead atoms. The van der Waals surface area contributed by atoms with E-state index < -0.39 is 0 Å². The number of nitrogens with zero attached hydrogens (tertiary/aromatic N) is 2. The summed E-state index contributed by atoms with van der Waals surface area (Å²) in [6.45, 7) is 6.96. The first-order valence-electron chi connectivity index (χ1n) is 10.1. The molecular weight excluding hydrogens is 332 g/mol. The lowest BCUT2D eigenvalue weighted by Gasteiger charge is -2.43. The Kier molecular flexibility index (Phi) is 4.81. The van der Waals surface area contributed by atoms with E-state index in [1.165, 1.54) is 17.5 Å². The number of hydrogen-bond donors (Lipinski definition) is 0. The van der Waals surface area contributed by atoms with Crippen molar-refractivity contribution in [1.29, 1.82) is 0 Å². The van der Waals surface area contributed by atoms with E-state index in [1.54, 1.807) is 0 Å². The predicted molar refractivity (Wildman–Crippen MR) is 110 cm³/mol. The highest BCUT2D eigenvalue weighted by Gasteiger charge is 2.46. The molecule has 4 rings (SSSR count). The molecule has 2 aromatic carbocycles. The fourth-order valence-electron chi connectivity index (χ4n) is 5.09. The minimum Gasteiger partial charge on any atom is -0.339 e. The number of carbonyl (C=O) groups is 1. The van der Waals surface area contributed by atoms with Crippen LogP contribution >= 0.6 is 0 Å². The molecule has 27 heavy (non-hydrogen) atoms. The Morgan fingerprint density at radius 3 is 2.41 bits per heavy atom. The Bertz CT molecular complexity index is 822. The zero-order chi connectivity index (χ0) is 19.0. The first-order chi connectivity index (χ1) is 13.0. The minimum atomic E-state index is 0.197. The number of aryl methyl sites for hydroxylation is 2. The standard InChI is InChI=1S/C24H30N2O/c1-18-9-10-22(19(2)15-18)23(27)26-13-11-24(12-14-26)16-21(17-25(24)3)20-7-5-4-6-8-20/h4-10,15,21H,11-14,16-17H2,1-3H3. The normalized spacial score (nSPS) is 22.3. The van der Waals surface area contributed by atoms with E-state index in [-0.39, 0.29) is 11.4 Å². The number of likely N-dealkylation sites (tertiary alicyclic amines) is 2. The Labute approximate surface area is 163 Å². The molecular formula is C24H30N2O. The monoisotopic (exact) mass is 362 g/mol. The summed E-state index contributed by atoms with van der Waals surface area (Å²) >= 11 is 0. The van der Waals surface area contributed by atoms with Crippen LogP contribution < -0.4 is 0 Å². The van der Waals surface area contributed by atoms with Crippen LogP contribution in [0.5, 0.6) is 0 Å². The summed E-state index contributed by atoms with van der Waals surface area (Å²) in [5.74, 6) is 0.806. The van der Waals surface area contributed by atoms with Gasteiger partial charge in [-0.05, 0) is 63.3 Å². The number of hydrogen-bond acceptors (Lipinski definition) is 2. The van der Waals surface area contributed by atoms with Crippen molar-refractivity contribution >= 4 is 5.91 Å². The lowest BCUT2D eigenvalue weighted by Crippen LogP contribution is -2.52. The van der Waals surface area contributed by atoms with Gasteiger partial charge in [0.1, 0.15) is 0 Å². The SMILES string of the molecule is Cc1ccc(C(=O)N2CCC3(CC2)CC(c2ccccc2)CN3C)c(C)c1. The molecule has 0 radical (unpaired) electrons. The molecule has 2 heterocycles. The third-order valence-corrected chi connectivity index (χ3v) is 6.80. The van der Waals surface area contributed by atoms with E-state index in [1.807, 2.05) is 19.1 Å². The molecule has 2 aromatic rings. The molecule has 142 valence electrons. The highest BCUT2D eigenvalue weighted by atomic mass is 16.2. The highest BCUT2D eigenvalue weighted by Crippen LogP contribution is 2.44. The quantitative estimate of drug-likeness (QED) is 0.791. The molecule has 1 atom stereocenters. The van der Waals surface area contributed by atoms with Crippen LogP contribution in [0.2, 0.25) is 0 Å². The highest BCUT2D eigenvalue weighted by molar-refractivity contribution is 5.95. The summed E-state index contributed by atoms with van der Waals surface area (Å²) in [7, 11) is 2.27. The third-order valence-electron chi connectivity index (χ3n) is 6.80. The van der Waals surface area contributed by atoms with Gasteiger partial charge in [-0.25, -0.2) is 0 Å². The van der Waals surface area contributed by atoms with Crippen molar-refractivity contribution < 1.29 is 4.79 Å². The summed E-state index contributed by atoms with van der Waals surface area (Å²) in [4.78, 5) is 17.6. The second-order valence-corrected chi connectivity index (χ2v) is 8.53. The summed E-state index contributed by atoms with van der Waals surface area (Å²) < 4.78 is 0. The average Bonchev–Trinajstić information content (AvgIpc) is 2.99. The van der Waals surface area contributed by atoms with Crippen LogP contribution in [0.3, 0.4) is 0 Å². The van der Waals surface area contributed by atoms with Crippen molar-refractivity contribution in [3.63, 3.8) is 0 Å². The molecule has 0 aromatic heterocycles. The van der Waals surface area contributed by atoms with Crippen LogP contribution in [-0.4, -0.2) is 47.9 Å². The molecule has 0 saturated carbocycles. The largest absolute Gasteiger partial charge is 0.339 e. The van der Waals surface area contributed by atoms with Gasteiger partial charge in [-0.3, -0.25) is 9.69 Å². The topological polar surface area (TPSA) is 23.6 Å². The average molecular weight is 363 g/mol. The molecule has 1 unspecified atom stereocenters. The van der Waals surface area contributed by atoms with Crippen molar-refractivity contribution in [2.24, 2.45) is 0 Å². The third kappa shape index (κ3) is 3.41. The van der Waals surface area contributed by atoms with Crippen LogP contribution in [-0.2, 0) is 0 Å². The maximum Gasteiger partial charge on any atom is 0.254 e. The van der Waals surface area contributed by atoms with Crippen molar-refractivity contribution in [2.45, 2.75) is 44.6 Å². The number of likely N-dealkylation sites (N-methyl/N-ethyl adjacent to an activating group) is 1. The van der Waals surface area contributed by atoms with Crippen LogP contribution in [0.15, 0.2) is 48.5 Å². The van der Waals surface area contributed by atoms with Gasteiger partial charge < -0.3 is 4.90 Å². The van der Waals surface area contributed by atoms with Crippen molar-refractivity contribution in [1.82, 2.24) is 9.80 Å². The number of rotatable bonds is 2. The van der Waals surface area contributed by atoms with Gasteiger partial charge in [0.2, 0.25) is 0 Å². The Hall–Kier alpha value is -2.13. The molecule has 3 nitrogen and oxygen atoms in total. The molecule has 2 aliphatic heterocycles. The summed E-state index contributed by atoms with van der Waals surface area (Å²) in [5.41, 5.74) is 4.86. The van der Waals surface area contributed by atoms with E-state index in [0.29, 0.717) is 5.92 Å². The zero-order valence-corrected chi connectivity index (χ0v) is 16.7. The molecule has 0 N–H and O–H groups in total. The maximum absolute atomic E-state index is 13.0. The smallest absolute Gasteiger partial charge is 0.254 e. The van der Waals surface area contributed by atoms with Crippen LogP contribution in [0.1, 0.15) is 52.2 Å². The van der Waals surface area contributed by atoms with E-state index in [2.05, 4.69) is 60.2 Å². The van der Waals surface area contributed by atoms with Gasteiger partial charge in [-0.1, -0.05) is 48.0 Å². The van der Waals surface area contributed by atoms with Gasteiger partial charge in [-0.2, -0.15) is 0 Å². The van der Waals surface area contributed by atoms with Crippen molar-refractivity contribution in [2.75, 3.05) is 26.7 Å². The summed E-state index contributed by atoms with van der Waals surface area (Å²) in [5, 5.41) is 0.